The molecular formula is C18H18F3N3O3S. The van der Waals surface area contributed by atoms with E-state index in [9.17, 15) is 26.4 Å². The predicted octanol–water partition coefficient (Wildman–Crippen LogP) is 3.01. The Kier molecular flexibility index (Phi) is 6.45. The highest BCUT2D eigenvalue weighted by Crippen LogP contribution is 2.29. The molecule has 0 unspecified atom stereocenters. The van der Waals surface area contributed by atoms with Crippen molar-refractivity contribution in [3.8, 4) is 0 Å². The molecule has 2 aromatic rings. The highest BCUT2D eigenvalue weighted by molar-refractivity contribution is 7.92. The minimum absolute atomic E-state index is 0.130. The van der Waals surface area contributed by atoms with E-state index in [1.54, 1.807) is 18.2 Å². The van der Waals surface area contributed by atoms with Crippen LogP contribution in [-0.2, 0) is 21.0 Å². The van der Waals surface area contributed by atoms with E-state index in [0.717, 1.165) is 28.9 Å². The number of hydrogen-bond acceptors (Lipinski definition) is 4. The van der Waals surface area contributed by atoms with E-state index in [4.69, 9.17) is 0 Å². The van der Waals surface area contributed by atoms with E-state index in [1.165, 1.54) is 31.2 Å². The van der Waals surface area contributed by atoms with Crippen molar-refractivity contribution < 1.29 is 26.4 Å². The van der Waals surface area contributed by atoms with Crippen LogP contribution in [0.2, 0.25) is 0 Å². The number of hydrogen-bond donors (Lipinski definition) is 1. The van der Waals surface area contributed by atoms with Crippen molar-refractivity contribution in [3.05, 3.63) is 65.7 Å². The first kappa shape index (κ1) is 21.4. The zero-order chi connectivity index (χ0) is 20.9. The normalized spacial score (nSPS) is 13.3. The molecule has 0 heterocycles. The van der Waals surface area contributed by atoms with Crippen LogP contribution >= 0.6 is 0 Å². The second-order valence-electron chi connectivity index (χ2n) is 5.93. The summed E-state index contributed by atoms with van der Waals surface area (Å²) in [6, 6.07) is 11.3. The molecule has 10 heteroatoms. The lowest BCUT2D eigenvalue weighted by Gasteiger charge is -2.27. The number of rotatable bonds is 6. The Morgan fingerprint density at radius 1 is 1.14 bits per heavy atom. The van der Waals surface area contributed by atoms with Gasteiger partial charge in [0.1, 0.15) is 6.04 Å². The van der Waals surface area contributed by atoms with E-state index < -0.39 is 33.7 Å². The highest BCUT2D eigenvalue weighted by atomic mass is 32.2. The fraction of sp³-hybridized carbons (Fsp3) is 0.222. The number of carbonyl (C=O) groups excluding carboxylic acids is 1. The number of halogens is 3. The molecule has 0 radical (unpaired) electrons. The maximum atomic E-state index is 12.7. The Morgan fingerprint density at radius 2 is 1.79 bits per heavy atom. The first-order valence-corrected chi connectivity index (χ1v) is 9.89. The average molecular weight is 413 g/mol. The Hall–Kier alpha value is -2.88. The van der Waals surface area contributed by atoms with Gasteiger partial charge in [-0.25, -0.2) is 13.8 Å². The molecule has 28 heavy (non-hydrogen) atoms. The third-order valence-electron chi connectivity index (χ3n) is 3.70. The molecule has 0 saturated heterocycles. The molecule has 0 aliphatic heterocycles. The second-order valence-corrected chi connectivity index (χ2v) is 7.79. The lowest BCUT2D eigenvalue weighted by molar-refractivity contribution is -0.137. The Balaban J connectivity index is 2.14. The molecule has 0 spiro atoms. The van der Waals surface area contributed by atoms with Gasteiger partial charge in [0.25, 0.3) is 5.91 Å². The van der Waals surface area contributed by atoms with Gasteiger partial charge in [-0.15, -0.1) is 0 Å². The maximum Gasteiger partial charge on any atom is 0.416 e. The fourth-order valence-electron chi connectivity index (χ4n) is 2.44. The van der Waals surface area contributed by atoms with Gasteiger partial charge >= 0.3 is 6.18 Å². The number of hydrazone groups is 1. The van der Waals surface area contributed by atoms with Crippen LogP contribution in [0.5, 0.6) is 0 Å². The molecule has 1 atom stereocenters. The monoisotopic (exact) mass is 413 g/mol. The molecule has 1 amide bonds. The number of nitrogens with one attached hydrogen (secondary N) is 1. The summed E-state index contributed by atoms with van der Waals surface area (Å²) in [5.74, 6) is -0.738. The summed E-state index contributed by atoms with van der Waals surface area (Å²) in [6.45, 7) is 1.38. The number of carbonyl (C=O) groups is 1. The van der Waals surface area contributed by atoms with Crippen molar-refractivity contribution in [2.45, 2.75) is 19.1 Å². The number of anilines is 1. The molecule has 0 aromatic heterocycles. The fourth-order valence-corrected chi connectivity index (χ4v) is 3.62. The number of para-hydroxylation sites is 1. The first-order chi connectivity index (χ1) is 13.0. The van der Waals surface area contributed by atoms with E-state index >= 15 is 0 Å². The summed E-state index contributed by atoms with van der Waals surface area (Å²) >= 11 is 0. The predicted molar refractivity (Wildman–Crippen MR) is 100 cm³/mol. The molecule has 0 aliphatic carbocycles. The van der Waals surface area contributed by atoms with Crippen molar-refractivity contribution in [3.63, 3.8) is 0 Å². The molecule has 0 fully saturated rings. The number of nitrogens with zero attached hydrogens (tertiary/aromatic N) is 2. The van der Waals surface area contributed by atoms with Crippen LogP contribution in [0, 0.1) is 0 Å². The van der Waals surface area contributed by atoms with Crippen LogP contribution in [0.15, 0.2) is 59.7 Å². The summed E-state index contributed by atoms with van der Waals surface area (Å²) in [6.07, 6.45) is -2.48. The molecule has 1 N–H and O–H groups in total. The van der Waals surface area contributed by atoms with Gasteiger partial charge in [-0.3, -0.25) is 9.10 Å². The van der Waals surface area contributed by atoms with Crippen LogP contribution in [0.3, 0.4) is 0 Å². The van der Waals surface area contributed by atoms with E-state index in [1.807, 2.05) is 0 Å². The molecule has 2 rings (SSSR count). The summed E-state index contributed by atoms with van der Waals surface area (Å²) in [5, 5.41) is 3.63. The summed E-state index contributed by atoms with van der Waals surface area (Å²) in [5.41, 5.74) is 1.74. The smallest absolute Gasteiger partial charge is 0.271 e. The van der Waals surface area contributed by atoms with Gasteiger partial charge < -0.3 is 0 Å². The van der Waals surface area contributed by atoms with Gasteiger partial charge in [0.2, 0.25) is 10.0 Å². The van der Waals surface area contributed by atoms with Crippen molar-refractivity contribution in [1.82, 2.24) is 5.43 Å². The summed E-state index contributed by atoms with van der Waals surface area (Å²) in [4.78, 5) is 12.3. The number of amides is 1. The standard InChI is InChI=1S/C18H18F3N3O3S/c1-13(24(28(2,26)27)16-9-4-3-5-10-16)17(25)23-22-12-14-7-6-8-15(11-14)18(19,20)21/h3-13H,1-2H3,(H,23,25)/b22-12-/t13-/m1/s1. The lowest BCUT2D eigenvalue weighted by Crippen LogP contribution is -2.46. The van der Waals surface area contributed by atoms with Crippen molar-refractivity contribution in [2.75, 3.05) is 10.6 Å². The van der Waals surface area contributed by atoms with Crippen LogP contribution < -0.4 is 9.73 Å². The molecule has 0 bridgehead atoms. The van der Waals surface area contributed by atoms with Gasteiger partial charge in [0.05, 0.1) is 23.7 Å². The third-order valence-corrected chi connectivity index (χ3v) is 4.94. The third kappa shape index (κ3) is 5.56. The second kappa shape index (κ2) is 8.42. The van der Waals surface area contributed by atoms with Crippen LogP contribution in [0.4, 0.5) is 18.9 Å². The number of alkyl halides is 3. The van der Waals surface area contributed by atoms with Crippen LogP contribution in [-0.4, -0.2) is 32.8 Å². The Labute approximate surface area is 160 Å². The Bertz CT molecular complexity index is 961. The topological polar surface area (TPSA) is 78.8 Å². The van der Waals surface area contributed by atoms with Crippen molar-refractivity contribution >= 4 is 27.8 Å². The largest absolute Gasteiger partial charge is 0.416 e. The first-order valence-electron chi connectivity index (χ1n) is 8.05. The van der Waals surface area contributed by atoms with Gasteiger partial charge in [-0.05, 0) is 36.8 Å². The zero-order valence-corrected chi connectivity index (χ0v) is 15.8. The van der Waals surface area contributed by atoms with Gasteiger partial charge in [-0.1, -0.05) is 30.3 Å². The molecule has 6 nitrogen and oxygen atoms in total. The van der Waals surface area contributed by atoms with E-state index in [0.29, 0.717) is 5.69 Å². The average Bonchev–Trinajstić information content (AvgIpc) is 2.61. The lowest BCUT2D eigenvalue weighted by atomic mass is 10.1. The zero-order valence-electron chi connectivity index (χ0n) is 15.0. The Morgan fingerprint density at radius 3 is 2.36 bits per heavy atom. The van der Waals surface area contributed by atoms with E-state index in [2.05, 4.69) is 10.5 Å². The van der Waals surface area contributed by atoms with Gasteiger partial charge in [0, 0.05) is 0 Å². The minimum atomic E-state index is -4.49. The van der Waals surface area contributed by atoms with Crippen LogP contribution in [0.1, 0.15) is 18.1 Å². The molecular weight excluding hydrogens is 395 g/mol. The summed E-state index contributed by atoms with van der Waals surface area (Å²) < 4.78 is 63.3. The molecule has 2 aromatic carbocycles. The van der Waals surface area contributed by atoms with Gasteiger partial charge in [0.15, 0.2) is 0 Å². The van der Waals surface area contributed by atoms with Gasteiger partial charge in [-0.2, -0.15) is 18.3 Å². The highest BCUT2D eigenvalue weighted by Gasteiger charge is 2.30. The van der Waals surface area contributed by atoms with Crippen molar-refractivity contribution in [1.29, 1.82) is 0 Å². The van der Waals surface area contributed by atoms with Crippen molar-refractivity contribution in [2.24, 2.45) is 5.10 Å². The number of sulfonamides is 1. The van der Waals surface area contributed by atoms with Crippen LogP contribution in [0.25, 0.3) is 0 Å². The maximum absolute atomic E-state index is 12.7. The quantitative estimate of drug-likeness (QED) is 0.584. The molecule has 0 saturated carbocycles. The minimum Gasteiger partial charge on any atom is -0.271 e. The number of benzene rings is 2. The SMILES string of the molecule is C[C@H](C(=O)N/N=C\c1cccc(C(F)(F)F)c1)N(c1ccccc1)S(C)(=O)=O. The van der Waals surface area contributed by atoms with E-state index in [-0.39, 0.29) is 5.56 Å². The molecule has 0 aliphatic rings. The molecule has 150 valence electrons. The summed E-state index contributed by atoms with van der Waals surface area (Å²) in [7, 11) is -3.77.